The molecule has 0 aliphatic carbocycles. The third-order valence-electron chi connectivity index (χ3n) is 7.16. The molecular formula is C30H44O11. The summed E-state index contributed by atoms with van der Waals surface area (Å²) in [5, 5.41) is 60.6. The van der Waals surface area contributed by atoms with Gasteiger partial charge in [0.15, 0.2) is 6.29 Å². The fourth-order valence-electron chi connectivity index (χ4n) is 4.71. The van der Waals surface area contributed by atoms with Crippen LogP contribution < -0.4 is 0 Å². The van der Waals surface area contributed by atoms with Gasteiger partial charge in [-0.2, -0.15) is 0 Å². The third-order valence-corrected chi connectivity index (χ3v) is 7.16. The smallest absolute Gasteiger partial charge is 0.331 e. The van der Waals surface area contributed by atoms with Crippen molar-refractivity contribution in [2.24, 2.45) is 0 Å². The van der Waals surface area contributed by atoms with E-state index in [2.05, 4.69) is 0 Å². The molecular weight excluding hydrogens is 536 g/mol. The lowest BCUT2D eigenvalue weighted by atomic mass is 9.94. The number of hydrogen-bond donors (Lipinski definition) is 6. The van der Waals surface area contributed by atoms with Gasteiger partial charge in [-0.25, -0.2) is 4.79 Å². The van der Waals surface area contributed by atoms with Gasteiger partial charge in [0.25, 0.3) is 0 Å². The van der Waals surface area contributed by atoms with Crippen molar-refractivity contribution < 1.29 is 54.4 Å². The van der Waals surface area contributed by atoms with Crippen LogP contribution in [0.5, 0.6) is 0 Å². The molecule has 4 aliphatic heterocycles. The van der Waals surface area contributed by atoms with Crippen molar-refractivity contribution in [2.45, 2.75) is 113 Å². The fraction of sp³-hybridized carbons (Fsp3) is 0.633. The number of rotatable bonds is 3. The molecule has 0 spiro atoms. The molecule has 0 aromatic carbocycles. The highest BCUT2D eigenvalue weighted by molar-refractivity contribution is 5.82. The van der Waals surface area contributed by atoms with Crippen LogP contribution in [0.2, 0.25) is 0 Å². The minimum Gasteiger partial charge on any atom is -0.460 e. The maximum absolute atomic E-state index is 12.1. The number of esters is 1. The molecule has 11 heteroatoms. The molecule has 6 N–H and O–H groups in total. The monoisotopic (exact) mass is 580 g/mol. The molecule has 4 aliphatic rings. The first-order valence-electron chi connectivity index (χ1n) is 14.2. The van der Waals surface area contributed by atoms with E-state index >= 15 is 0 Å². The van der Waals surface area contributed by atoms with Crippen LogP contribution in [0.25, 0.3) is 0 Å². The summed E-state index contributed by atoms with van der Waals surface area (Å²) in [6.07, 6.45) is 9.88. The molecule has 4 heterocycles. The maximum atomic E-state index is 12.1. The second-order valence-electron chi connectivity index (χ2n) is 10.6. The number of carbonyl (C=O) groups excluding carboxylic acids is 1. The first kappa shape index (κ1) is 33.3. The number of ether oxygens (including phenoxy) is 4. The number of fused-ring (bicyclic) bond motifs is 15. The fourth-order valence-corrected chi connectivity index (χ4v) is 4.71. The summed E-state index contributed by atoms with van der Waals surface area (Å²) in [5.74, 6) is -0.467. The van der Waals surface area contributed by atoms with E-state index in [1.165, 1.54) is 6.08 Å². The lowest BCUT2D eigenvalue weighted by Gasteiger charge is -2.41. The molecule has 0 aromatic heterocycles. The zero-order valence-electron chi connectivity index (χ0n) is 23.3. The number of aliphatic hydroxyl groups excluding tert-OH is 6. The van der Waals surface area contributed by atoms with Crippen LogP contribution in [0.15, 0.2) is 60.8 Å². The summed E-state index contributed by atoms with van der Waals surface area (Å²) in [7, 11) is 0. The Balaban J connectivity index is 1.67. The van der Waals surface area contributed by atoms with E-state index in [-0.39, 0.29) is 6.10 Å². The van der Waals surface area contributed by atoms with E-state index in [9.17, 15) is 35.4 Å². The van der Waals surface area contributed by atoms with Crippen LogP contribution in [0.1, 0.15) is 45.4 Å². The highest BCUT2D eigenvalue weighted by atomic mass is 16.7. The average molecular weight is 581 g/mol. The lowest BCUT2D eigenvalue weighted by molar-refractivity contribution is -0.307. The number of aliphatic hydroxyl groups is 6. The second kappa shape index (κ2) is 17.1. The Labute approximate surface area is 240 Å². The van der Waals surface area contributed by atoms with Crippen LogP contribution in [0, 0.1) is 0 Å². The highest BCUT2D eigenvalue weighted by Crippen LogP contribution is 2.27. The van der Waals surface area contributed by atoms with Crippen LogP contribution in [0.4, 0.5) is 0 Å². The zero-order chi connectivity index (χ0) is 29.8. The maximum Gasteiger partial charge on any atom is 0.331 e. The van der Waals surface area contributed by atoms with Gasteiger partial charge < -0.3 is 49.6 Å². The normalized spacial score (nSPS) is 43.9. The molecule has 11 atom stereocenters. The summed E-state index contributed by atoms with van der Waals surface area (Å²) < 4.78 is 22.4. The molecule has 230 valence electrons. The van der Waals surface area contributed by atoms with Crippen LogP contribution >= 0.6 is 0 Å². The molecule has 41 heavy (non-hydrogen) atoms. The molecule has 0 aromatic rings. The van der Waals surface area contributed by atoms with Crippen molar-refractivity contribution >= 4 is 5.97 Å². The average Bonchev–Trinajstić information content (AvgIpc) is 2.94. The van der Waals surface area contributed by atoms with Crippen molar-refractivity contribution in [1.82, 2.24) is 0 Å². The second-order valence-corrected chi connectivity index (χ2v) is 10.6. The number of hydrogen-bond acceptors (Lipinski definition) is 11. The Hall–Kier alpha value is -2.19. The summed E-state index contributed by atoms with van der Waals surface area (Å²) in [6.45, 7) is 1.25. The van der Waals surface area contributed by atoms with Gasteiger partial charge in [0.1, 0.15) is 36.6 Å². The lowest BCUT2D eigenvalue weighted by Crippen LogP contribution is -2.59. The van der Waals surface area contributed by atoms with Crippen LogP contribution in [-0.4, -0.2) is 111 Å². The van der Waals surface area contributed by atoms with E-state index in [0.717, 1.165) is 12.8 Å². The molecule has 2 bridgehead atoms. The SMILES string of the molecule is C[C@@H]1CCC/C=C/[C@@H]2O[C@H](C[C@@H](O)C/C=C\C=C\[C@H](O[C@@H]3O[C@H](CO)[C@@H](O)[C@H](O)[C@H]3O)C/C=C/C=C\C(=O)O1)[C@H]2O. The molecule has 0 amide bonds. The third kappa shape index (κ3) is 10.5. The largest absolute Gasteiger partial charge is 0.460 e. The molecule has 0 radical (unpaired) electrons. The molecule has 2 fully saturated rings. The van der Waals surface area contributed by atoms with Gasteiger partial charge >= 0.3 is 5.97 Å². The number of carbonyl (C=O) groups is 1. The van der Waals surface area contributed by atoms with Gasteiger partial charge in [0, 0.05) is 12.5 Å². The standard InChI is InChI=1S/C30H44O11/c1-19-11-5-2-9-15-22-26(34)23(40-22)17-20(32)12-6-3-7-13-21(14-8-4-10-16-25(33)38-19)39-30-29(37)28(36)27(35)24(18-31)41-30/h3-4,6-10,13,15-16,19-24,26-32,34-37H,2,5,11-12,14,17-18H2,1H3/b6-3-,8-4+,13-7+,15-9+,16-10-/t19-,20+,21+,22+,23-,24-,26+,27-,28+,29-,30-/m1/s1. The van der Waals surface area contributed by atoms with Crippen molar-refractivity contribution in [3.05, 3.63) is 60.8 Å². The Kier molecular flexibility index (Phi) is 13.9. The molecule has 2 saturated heterocycles. The summed E-state index contributed by atoms with van der Waals surface area (Å²) in [5.41, 5.74) is 0. The quantitative estimate of drug-likeness (QED) is 0.205. The van der Waals surface area contributed by atoms with E-state index < -0.39 is 73.8 Å². The minimum absolute atomic E-state index is 0.263. The van der Waals surface area contributed by atoms with Gasteiger partial charge in [-0.15, -0.1) is 0 Å². The molecule has 4 rings (SSSR count). The Morgan fingerprint density at radius 1 is 0.878 bits per heavy atom. The van der Waals surface area contributed by atoms with Gasteiger partial charge in [-0.1, -0.05) is 54.7 Å². The zero-order valence-corrected chi connectivity index (χ0v) is 23.3. The summed E-state index contributed by atoms with van der Waals surface area (Å²) in [4.78, 5) is 12.1. The summed E-state index contributed by atoms with van der Waals surface area (Å²) >= 11 is 0. The van der Waals surface area contributed by atoms with Crippen molar-refractivity contribution in [3.8, 4) is 0 Å². The topological polar surface area (TPSA) is 175 Å². The van der Waals surface area contributed by atoms with Gasteiger partial charge in [0.2, 0.25) is 0 Å². The Morgan fingerprint density at radius 2 is 1.63 bits per heavy atom. The van der Waals surface area contributed by atoms with Gasteiger partial charge in [-0.05, 0) is 39.0 Å². The van der Waals surface area contributed by atoms with E-state index in [1.54, 1.807) is 42.5 Å². The minimum atomic E-state index is -1.57. The Bertz CT molecular complexity index is 943. The van der Waals surface area contributed by atoms with Gasteiger partial charge in [0.05, 0.1) is 31.0 Å². The van der Waals surface area contributed by atoms with Crippen LogP contribution in [-0.2, 0) is 23.7 Å². The van der Waals surface area contributed by atoms with Crippen molar-refractivity contribution in [3.63, 3.8) is 0 Å². The Morgan fingerprint density at radius 3 is 2.39 bits per heavy atom. The predicted octanol–water partition coefficient (Wildman–Crippen LogP) is 0.728. The van der Waals surface area contributed by atoms with Crippen LogP contribution in [0.3, 0.4) is 0 Å². The molecule has 0 saturated carbocycles. The molecule has 0 unspecified atom stereocenters. The van der Waals surface area contributed by atoms with Crippen molar-refractivity contribution in [1.29, 1.82) is 0 Å². The van der Waals surface area contributed by atoms with Crippen molar-refractivity contribution in [2.75, 3.05) is 6.61 Å². The van der Waals surface area contributed by atoms with Gasteiger partial charge in [-0.3, -0.25) is 0 Å². The molecule has 11 nitrogen and oxygen atoms in total. The first-order valence-corrected chi connectivity index (χ1v) is 14.2. The predicted molar refractivity (Wildman–Crippen MR) is 148 cm³/mol. The highest BCUT2D eigenvalue weighted by Gasteiger charge is 2.44. The van der Waals surface area contributed by atoms with E-state index in [4.69, 9.17) is 18.9 Å². The first-order chi connectivity index (χ1) is 19.7. The number of allylic oxidation sites excluding steroid dienone is 5. The van der Waals surface area contributed by atoms with E-state index in [1.807, 2.05) is 19.1 Å². The van der Waals surface area contributed by atoms with E-state index in [0.29, 0.717) is 25.7 Å². The summed E-state index contributed by atoms with van der Waals surface area (Å²) in [6, 6.07) is 0.